The van der Waals surface area contributed by atoms with Gasteiger partial charge in [-0.2, -0.15) is 5.10 Å². The molecule has 1 N–H and O–H groups in total. The predicted octanol–water partition coefficient (Wildman–Crippen LogP) is 2.30. The van der Waals surface area contributed by atoms with Crippen LogP contribution in [0.4, 0.5) is 0 Å². The number of benzene rings is 1. The number of carboxylic acids is 1. The zero-order chi connectivity index (χ0) is 15.7. The highest BCUT2D eigenvalue weighted by molar-refractivity contribution is 5.87. The zero-order valence-electron chi connectivity index (χ0n) is 12.6. The van der Waals surface area contributed by atoms with Crippen molar-refractivity contribution in [1.29, 1.82) is 0 Å². The Bertz CT molecular complexity index is 702. The van der Waals surface area contributed by atoms with E-state index in [2.05, 4.69) is 5.10 Å². The van der Waals surface area contributed by atoms with Crippen LogP contribution in [-0.4, -0.2) is 41.2 Å². The van der Waals surface area contributed by atoms with E-state index >= 15 is 0 Å². The average Bonchev–Trinajstić information content (AvgIpc) is 3.16. The van der Waals surface area contributed by atoms with Crippen LogP contribution in [0.3, 0.4) is 0 Å². The van der Waals surface area contributed by atoms with Crippen LogP contribution in [0.1, 0.15) is 28.4 Å². The number of carboxylic acid groups (broad SMARTS) is 1. The van der Waals surface area contributed by atoms with Crippen molar-refractivity contribution in [2.45, 2.75) is 12.3 Å². The van der Waals surface area contributed by atoms with Gasteiger partial charge in [0.05, 0.1) is 19.4 Å². The summed E-state index contributed by atoms with van der Waals surface area (Å²) in [6, 6.07) is 7.56. The summed E-state index contributed by atoms with van der Waals surface area (Å²) in [5.74, 6) is 0.0283. The van der Waals surface area contributed by atoms with Gasteiger partial charge in [-0.25, -0.2) is 4.79 Å². The molecule has 1 aliphatic heterocycles. The Kier molecular flexibility index (Phi) is 3.85. The monoisotopic (exact) mass is 302 g/mol. The highest BCUT2D eigenvalue weighted by atomic mass is 16.5. The molecular weight excluding hydrogens is 284 g/mol. The topological polar surface area (TPSA) is 73.6 Å². The van der Waals surface area contributed by atoms with Crippen molar-refractivity contribution in [1.82, 2.24) is 9.78 Å². The summed E-state index contributed by atoms with van der Waals surface area (Å²) in [5.41, 5.74) is 2.75. The van der Waals surface area contributed by atoms with Gasteiger partial charge in [0.25, 0.3) is 0 Å². The van der Waals surface area contributed by atoms with Gasteiger partial charge in [-0.1, -0.05) is 6.07 Å². The number of rotatable bonds is 4. The Balaban J connectivity index is 2.07. The lowest BCUT2D eigenvalue weighted by atomic mass is 9.95. The quantitative estimate of drug-likeness (QED) is 0.938. The molecule has 1 aromatic heterocycles. The standard InChI is InChI=1S/C16H18N2O4/c1-18-14(8-13(17-18)16(19)20)12-7-10(3-4-15(12)21-2)11-5-6-22-9-11/h3-4,7-8,11H,5-6,9H2,1-2H3,(H,19,20). The van der Waals surface area contributed by atoms with E-state index in [1.807, 2.05) is 18.2 Å². The molecule has 0 bridgehead atoms. The van der Waals surface area contributed by atoms with Crippen LogP contribution >= 0.6 is 0 Å². The van der Waals surface area contributed by atoms with Crippen molar-refractivity contribution in [3.63, 3.8) is 0 Å². The van der Waals surface area contributed by atoms with Gasteiger partial charge >= 0.3 is 5.97 Å². The van der Waals surface area contributed by atoms with Crippen molar-refractivity contribution < 1.29 is 19.4 Å². The molecule has 1 saturated heterocycles. The number of ether oxygens (including phenoxy) is 2. The number of aryl methyl sites for hydroxylation is 1. The highest BCUT2D eigenvalue weighted by Gasteiger charge is 2.21. The summed E-state index contributed by atoms with van der Waals surface area (Å²) in [6.45, 7) is 1.50. The first-order valence-electron chi connectivity index (χ1n) is 7.13. The molecule has 2 heterocycles. The fourth-order valence-corrected chi connectivity index (χ4v) is 2.80. The van der Waals surface area contributed by atoms with E-state index < -0.39 is 5.97 Å². The second kappa shape index (κ2) is 5.81. The van der Waals surface area contributed by atoms with Crippen LogP contribution in [0.25, 0.3) is 11.3 Å². The first-order valence-corrected chi connectivity index (χ1v) is 7.13. The molecule has 0 radical (unpaired) electrons. The van der Waals surface area contributed by atoms with E-state index in [0.29, 0.717) is 11.7 Å². The summed E-state index contributed by atoms with van der Waals surface area (Å²) >= 11 is 0. The number of methoxy groups -OCH3 is 1. The Labute approximate surface area is 128 Å². The summed E-state index contributed by atoms with van der Waals surface area (Å²) < 4.78 is 12.4. The number of aromatic nitrogens is 2. The maximum Gasteiger partial charge on any atom is 0.356 e. The van der Waals surface area contributed by atoms with Gasteiger partial charge in [0, 0.05) is 25.1 Å². The van der Waals surface area contributed by atoms with E-state index in [9.17, 15) is 4.79 Å². The molecule has 6 nitrogen and oxygen atoms in total. The van der Waals surface area contributed by atoms with Gasteiger partial charge in [0.15, 0.2) is 5.69 Å². The lowest BCUT2D eigenvalue weighted by molar-refractivity contribution is 0.0689. The average molecular weight is 302 g/mol. The van der Waals surface area contributed by atoms with Crippen LogP contribution in [0, 0.1) is 0 Å². The van der Waals surface area contributed by atoms with Crippen molar-refractivity contribution in [3.05, 3.63) is 35.5 Å². The summed E-state index contributed by atoms with van der Waals surface area (Å²) in [6.07, 6.45) is 0.998. The van der Waals surface area contributed by atoms with Crippen molar-refractivity contribution in [3.8, 4) is 17.0 Å². The Morgan fingerprint density at radius 2 is 2.27 bits per heavy atom. The normalized spacial score (nSPS) is 17.6. The van der Waals surface area contributed by atoms with Crippen molar-refractivity contribution >= 4 is 5.97 Å². The van der Waals surface area contributed by atoms with Crippen LogP contribution in [0.2, 0.25) is 0 Å². The zero-order valence-corrected chi connectivity index (χ0v) is 12.6. The number of carbonyl (C=O) groups is 1. The van der Waals surface area contributed by atoms with Crippen LogP contribution in [0.15, 0.2) is 24.3 Å². The van der Waals surface area contributed by atoms with Crippen LogP contribution in [-0.2, 0) is 11.8 Å². The molecule has 3 rings (SSSR count). The maximum atomic E-state index is 11.1. The van der Waals surface area contributed by atoms with E-state index in [0.717, 1.165) is 30.9 Å². The third-order valence-electron chi connectivity index (χ3n) is 4.00. The van der Waals surface area contributed by atoms with Gasteiger partial charge in [0.1, 0.15) is 5.75 Å². The maximum absolute atomic E-state index is 11.1. The molecule has 6 heteroatoms. The van der Waals surface area contributed by atoms with E-state index in [-0.39, 0.29) is 5.69 Å². The summed E-state index contributed by atoms with van der Waals surface area (Å²) in [4.78, 5) is 11.1. The molecule has 0 aliphatic carbocycles. The second-order valence-corrected chi connectivity index (χ2v) is 5.36. The smallest absolute Gasteiger partial charge is 0.356 e. The fourth-order valence-electron chi connectivity index (χ4n) is 2.80. The molecule has 1 aromatic carbocycles. The van der Waals surface area contributed by atoms with Crippen molar-refractivity contribution in [2.75, 3.05) is 20.3 Å². The van der Waals surface area contributed by atoms with Crippen molar-refractivity contribution in [2.24, 2.45) is 7.05 Å². The number of nitrogens with zero attached hydrogens (tertiary/aromatic N) is 2. The van der Waals surface area contributed by atoms with Gasteiger partial charge < -0.3 is 14.6 Å². The summed E-state index contributed by atoms with van der Waals surface area (Å²) in [5, 5.41) is 13.1. The fraction of sp³-hybridized carbons (Fsp3) is 0.375. The molecule has 22 heavy (non-hydrogen) atoms. The van der Waals surface area contributed by atoms with E-state index in [1.54, 1.807) is 24.9 Å². The SMILES string of the molecule is COc1ccc(C2CCOC2)cc1-c1cc(C(=O)O)nn1C. The second-order valence-electron chi connectivity index (χ2n) is 5.36. The Morgan fingerprint density at radius 3 is 2.86 bits per heavy atom. The van der Waals surface area contributed by atoms with Gasteiger partial charge in [0.2, 0.25) is 0 Å². The molecule has 0 spiro atoms. The molecule has 1 unspecified atom stereocenters. The lowest BCUT2D eigenvalue weighted by Gasteiger charge is -2.14. The van der Waals surface area contributed by atoms with Crippen LogP contribution in [0.5, 0.6) is 5.75 Å². The van der Waals surface area contributed by atoms with E-state index in [4.69, 9.17) is 14.6 Å². The van der Waals surface area contributed by atoms with Crippen LogP contribution < -0.4 is 4.74 Å². The van der Waals surface area contributed by atoms with Gasteiger partial charge in [-0.05, 0) is 30.2 Å². The lowest BCUT2D eigenvalue weighted by Crippen LogP contribution is -2.01. The third-order valence-corrected chi connectivity index (χ3v) is 4.00. The first-order chi connectivity index (χ1) is 10.6. The van der Waals surface area contributed by atoms with Gasteiger partial charge in [-0.15, -0.1) is 0 Å². The van der Waals surface area contributed by atoms with E-state index in [1.165, 1.54) is 5.56 Å². The molecule has 1 atom stereocenters. The molecule has 0 amide bonds. The summed E-state index contributed by atoms with van der Waals surface area (Å²) in [7, 11) is 3.33. The molecule has 116 valence electrons. The Hall–Kier alpha value is -2.34. The highest BCUT2D eigenvalue weighted by Crippen LogP contribution is 2.35. The third kappa shape index (κ3) is 2.57. The minimum absolute atomic E-state index is 0.0224. The Morgan fingerprint density at radius 1 is 1.45 bits per heavy atom. The minimum atomic E-state index is -1.04. The first kappa shape index (κ1) is 14.6. The van der Waals surface area contributed by atoms with Gasteiger partial charge in [-0.3, -0.25) is 4.68 Å². The number of aromatic carboxylic acids is 1. The largest absolute Gasteiger partial charge is 0.496 e. The predicted molar refractivity (Wildman–Crippen MR) is 80.3 cm³/mol. The number of hydrogen-bond donors (Lipinski definition) is 1. The molecule has 0 saturated carbocycles. The minimum Gasteiger partial charge on any atom is -0.496 e. The molecule has 1 aliphatic rings. The number of hydrogen-bond acceptors (Lipinski definition) is 4. The molecule has 1 fully saturated rings. The molecular formula is C16H18N2O4. The molecule has 2 aromatic rings.